The van der Waals surface area contributed by atoms with E-state index < -0.39 is 6.10 Å². The first-order chi connectivity index (χ1) is 17.6. The summed E-state index contributed by atoms with van der Waals surface area (Å²) < 4.78 is 22.1. The molecule has 1 N–H and O–H groups in total. The summed E-state index contributed by atoms with van der Waals surface area (Å²) in [6.07, 6.45) is -0.664. The molecule has 1 fully saturated rings. The Balaban J connectivity index is 1.08. The second-order valence-electron chi connectivity index (χ2n) is 8.50. The molecule has 3 heterocycles. The third kappa shape index (κ3) is 5.41. The number of carbonyl (C=O) groups excluding carboxylic acids is 2. The zero-order chi connectivity index (χ0) is 24.9. The highest BCUT2D eigenvalue weighted by Gasteiger charge is 2.33. The molecule has 1 unspecified atom stereocenters. The lowest BCUT2D eigenvalue weighted by Gasteiger charge is -2.36. The van der Waals surface area contributed by atoms with Crippen molar-refractivity contribution < 1.29 is 28.3 Å². The Bertz CT molecular complexity index is 1220. The van der Waals surface area contributed by atoms with Crippen LogP contribution in [0.5, 0.6) is 17.2 Å². The summed E-state index contributed by atoms with van der Waals surface area (Å²) in [5.41, 5.74) is 0.579. The largest absolute Gasteiger partial charge is 0.495 e. The number of hydrogen-bond acceptors (Lipinski definition) is 9. The zero-order valence-corrected chi connectivity index (χ0v) is 19.9. The minimum absolute atomic E-state index is 0.0174. The van der Waals surface area contributed by atoms with Crippen LogP contribution >= 0.6 is 0 Å². The van der Waals surface area contributed by atoms with Crippen LogP contribution in [0.2, 0.25) is 0 Å². The molecule has 2 aliphatic rings. The molecule has 11 heteroatoms. The molecule has 3 aromatic rings. The summed E-state index contributed by atoms with van der Waals surface area (Å²) in [4.78, 5) is 33.6. The minimum atomic E-state index is -0.646. The number of piperazine rings is 1. The molecule has 1 aromatic heterocycles. The van der Waals surface area contributed by atoms with Crippen molar-refractivity contribution in [3.63, 3.8) is 0 Å². The Labute approximate surface area is 207 Å². The van der Waals surface area contributed by atoms with Gasteiger partial charge in [-0.1, -0.05) is 29.4 Å². The lowest BCUT2D eigenvalue weighted by atomic mass is 10.2. The van der Waals surface area contributed by atoms with E-state index in [9.17, 15) is 9.59 Å². The molecule has 1 atom stereocenters. The Kier molecular flexibility index (Phi) is 6.99. The first kappa shape index (κ1) is 23.6. The van der Waals surface area contributed by atoms with Gasteiger partial charge in [-0.3, -0.25) is 14.5 Å². The Morgan fingerprint density at radius 1 is 1.06 bits per heavy atom. The third-order valence-corrected chi connectivity index (χ3v) is 6.04. The van der Waals surface area contributed by atoms with E-state index in [2.05, 4.69) is 20.4 Å². The highest BCUT2D eigenvalue weighted by Crippen LogP contribution is 2.31. The average molecular weight is 494 g/mol. The number of ether oxygens (including phenoxy) is 3. The van der Waals surface area contributed by atoms with Crippen molar-refractivity contribution in [1.29, 1.82) is 0 Å². The number of benzene rings is 2. The number of nitrogens with zero attached hydrogens (tertiary/aromatic N) is 4. The van der Waals surface area contributed by atoms with E-state index in [0.29, 0.717) is 67.4 Å². The molecule has 0 radical (unpaired) electrons. The van der Waals surface area contributed by atoms with Crippen LogP contribution in [0.15, 0.2) is 53.1 Å². The maximum absolute atomic E-state index is 12.9. The van der Waals surface area contributed by atoms with E-state index in [-0.39, 0.29) is 24.8 Å². The summed E-state index contributed by atoms with van der Waals surface area (Å²) in [6.45, 7) is 3.07. The lowest BCUT2D eigenvalue weighted by Crippen LogP contribution is -2.53. The van der Waals surface area contributed by atoms with Gasteiger partial charge in [0.25, 0.3) is 5.91 Å². The molecular weight excluding hydrogens is 466 g/mol. The summed E-state index contributed by atoms with van der Waals surface area (Å²) in [6, 6.07) is 14.5. The number of rotatable bonds is 7. The third-order valence-electron chi connectivity index (χ3n) is 6.04. The van der Waals surface area contributed by atoms with Crippen LogP contribution in [-0.2, 0) is 22.6 Å². The van der Waals surface area contributed by atoms with E-state index in [1.165, 1.54) is 0 Å². The predicted octanol–water partition coefficient (Wildman–Crippen LogP) is 1.74. The Hall–Kier alpha value is -4.12. The van der Waals surface area contributed by atoms with Gasteiger partial charge in [0.2, 0.25) is 17.9 Å². The average Bonchev–Trinajstić information content (AvgIpc) is 3.35. The van der Waals surface area contributed by atoms with Crippen molar-refractivity contribution in [3.8, 4) is 17.2 Å². The SMILES string of the molecule is COc1ccccc1NC(=O)Cc1noc(CN2CCN(C(=O)C3COc4ccccc4O3)CC2)n1. The molecular formula is C25H27N5O6. The van der Waals surface area contributed by atoms with Crippen LogP contribution in [0.3, 0.4) is 0 Å². The molecule has 0 bridgehead atoms. The molecule has 0 spiro atoms. The molecule has 11 nitrogen and oxygen atoms in total. The smallest absolute Gasteiger partial charge is 0.267 e. The number of anilines is 1. The molecule has 1 saturated heterocycles. The van der Waals surface area contributed by atoms with E-state index >= 15 is 0 Å². The van der Waals surface area contributed by atoms with Crippen molar-refractivity contribution in [2.75, 3.05) is 45.2 Å². The monoisotopic (exact) mass is 493 g/mol. The summed E-state index contributed by atoms with van der Waals surface area (Å²) in [5.74, 6) is 2.20. The molecule has 188 valence electrons. The zero-order valence-electron chi connectivity index (χ0n) is 19.9. The fourth-order valence-electron chi connectivity index (χ4n) is 4.17. The van der Waals surface area contributed by atoms with Crippen LogP contribution in [-0.4, -0.2) is 77.8 Å². The number of aromatic nitrogens is 2. The minimum Gasteiger partial charge on any atom is -0.495 e. The van der Waals surface area contributed by atoms with E-state index in [1.807, 2.05) is 30.3 Å². The van der Waals surface area contributed by atoms with Gasteiger partial charge in [-0.2, -0.15) is 4.98 Å². The van der Waals surface area contributed by atoms with Gasteiger partial charge in [-0.05, 0) is 24.3 Å². The fourth-order valence-corrected chi connectivity index (χ4v) is 4.17. The van der Waals surface area contributed by atoms with Gasteiger partial charge in [-0.15, -0.1) is 0 Å². The van der Waals surface area contributed by atoms with E-state index in [4.69, 9.17) is 18.7 Å². The quantitative estimate of drug-likeness (QED) is 0.525. The van der Waals surface area contributed by atoms with Crippen LogP contribution in [0.1, 0.15) is 11.7 Å². The number of carbonyl (C=O) groups is 2. The van der Waals surface area contributed by atoms with E-state index in [0.717, 1.165) is 0 Å². The van der Waals surface area contributed by atoms with Crippen LogP contribution in [0.4, 0.5) is 5.69 Å². The van der Waals surface area contributed by atoms with Gasteiger partial charge < -0.3 is 29.0 Å². The maximum Gasteiger partial charge on any atom is 0.267 e. The topological polar surface area (TPSA) is 119 Å². The summed E-state index contributed by atoms with van der Waals surface area (Å²) in [5, 5.41) is 6.72. The fraction of sp³-hybridized carbons (Fsp3) is 0.360. The molecule has 2 amide bonds. The van der Waals surface area contributed by atoms with Crippen molar-refractivity contribution in [3.05, 3.63) is 60.2 Å². The summed E-state index contributed by atoms with van der Waals surface area (Å²) in [7, 11) is 1.55. The van der Waals surface area contributed by atoms with Crippen LogP contribution < -0.4 is 19.5 Å². The van der Waals surface area contributed by atoms with Gasteiger partial charge in [0, 0.05) is 26.2 Å². The van der Waals surface area contributed by atoms with Gasteiger partial charge in [0.05, 0.1) is 25.8 Å². The molecule has 2 aliphatic heterocycles. The van der Waals surface area contributed by atoms with Crippen molar-refractivity contribution in [1.82, 2.24) is 19.9 Å². The van der Waals surface area contributed by atoms with Gasteiger partial charge >= 0.3 is 0 Å². The Morgan fingerprint density at radius 3 is 2.61 bits per heavy atom. The molecule has 2 aromatic carbocycles. The Morgan fingerprint density at radius 2 is 1.81 bits per heavy atom. The highest BCUT2D eigenvalue weighted by atomic mass is 16.6. The van der Waals surface area contributed by atoms with Crippen LogP contribution in [0.25, 0.3) is 0 Å². The molecule has 0 aliphatic carbocycles. The second kappa shape index (κ2) is 10.6. The first-order valence-electron chi connectivity index (χ1n) is 11.7. The van der Waals surface area contributed by atoms with Crippen molar-refractivity contribution in [2.45, 2.75) is 19.1 Å². The normalized spacial score (nSPS) is 17.5. The van der Waals surface area contributed by atoms with Crippen molar-refractivity contribution >= 4 is 17.5 Å². The van der Waals surface area contributed by atoms with Gasteiger partial charge in [-0.25, -0.2) is 0 Å². The second-order valence-corrected chi connectivity index (χ2v) is 8.50. The molecule has 0 saturated carbocycles. The van der Waals surface area contributed by atoms with Crippen molar-refractivity contribution in [2.24, 2.45) is 0 Å². The lowest BCUT2D eigenvalue weighted by molar-refractivity contribution is -0.143. The maximum atomic E-state index is 12.9. The number of nitrogens with one attached hydrogen (secondary N) is 1. The van der Waals surface area contributed by atoms with Crippen LogP contribution in [0, 0.1) is 0 Å². The molecule has 5 rings (SSSR count). The first-order valence-corrected chi connectivity index (χ1v) is 11.7. The molecule has 36 heavy (non-hydrogen) atoms. The number of hydrogen-bond donors (Lipinski definition) is 1. The highest BCUT2D eigenvalue weighted by molar-refractivity contribution is 5.93. The number of methoxy groups -OCH3 is 1. The number of para-hydroxylation sites is 4. The number of fused-ring (bicyclic) bond motifs is 1. The van der Waals surface area contributed by atoms with Gasteiger partial charge in [0.15, 0.2) is 17.3 Å². The van der Waals surface area contributed by atoms with Gasteiger partial charge in [0.1, 0.15) is 12.4 Å². The standard InChI is InChI=1S/C25H27N5O6/c1-33-18-7-3-2-6-17(18)26-23(31)14-22-27-24(36-28-22)15-29-10-12-30(13-11-29)25(32)21-16-34-19-8-4-5-9-20(19)35-21/h2-9,21H,10-16H2,1H3,(H,26,31). The predicted molar refractivity (Wildman–Crippen MR) is 128 cm³/mol. The summed E-state index contributed by atoms with van der Waals surface area (Å²) >= 11 is 0. The van der Waals surface area contributed by atoms with E-state index in [1.54, 1.807) is 30.2 Å². The number of amides is 2.